The van der Waals surface area contributed by atoms with E-state index >= 15 is 0 Å². The number of piperidine rings is 1. The number of nitrogens with zero attached hydrogens (tertiary/aromatic N) is 5. The SMILES string of the molecule is CC(C)(C)OC(=O)N1CCC[C@@H](Nc2nccc3sc(-c4ccnc(N(C(=O)OC(C)(C)C)C(=O)OC(C)(C)C)n4)cc23)C1. The number of carbonyl (C=O) groups is 3. The van der Waals surface area contributed by atoms with E-state index in [0.29, 0.717) is 29.5 Å². The normalized spacial score (nSPS) is 15.9. The van der Waals surface area contributed by atoms with Crippen molar-refractivity contribution in [2.75, 3.05) is 23.3 Å². The molecule has 12 nitrogen and oxygen atoms in total. The van der Waals surface area contributed by atoms with Crippen LogP contribution in [0.5, 0.6) is 0 Å². The second-order valence-corrected chi connectivity index (χ2v) is 14.7. The summed E-state index contributed by atoms with van der Waals surface area (Å²) in [6.45, 7) is 16.9. The molecular formula is C31H42N6O6S. The van der Waals surface area contributed by atoms with Crippen molar-refractivity contribution >= 4 is 51.5 Å². The summed E-state index contributed by atoms with van der Waals surface area (Å²) < 4.78 is 17.5. The van der Waals surface area contributed by atoms with E-state index in [2.05, 4.69) is 20.3 Å². The molecule has 4 rings (SSSR count). The average molecular weight is 627 g/mol. The van der Waals surface area contributed by atoms with E-state index in [1.165, 1.54) is 17.5 Å². The largest absolute Gasteiger partial charge is 0.444 e. The van der Waals surface area contributed by atoms with Crippen LogP contribution < -0.4 is 10.2 Å². The number of pyridine rings is 1. The monoisotopic (exact) mass is 626 g/mol. The van der Waals surface area contributed by atoms with Gasteiger partial charge in [-0.15, -0.1) is 16.2 Å². The first-order chi connectivity index (χ1) is 20.4. The van der Waals surface area contributed by atoms with Crippen LogP contribution in [-0.2, 0) is 14.2 Å². The molecule has 0 radical (unpaired) electrons. The lowest BCUT2D eigenvalue weighted by Gasteiger charge is -2.34. The van der Waals surface area contributed by atoms with Gasteiger partial charge in [0, 0.05) is 41.6 Å². The first kappa shape index (κ1) is 32.9. The van der Waals surface area contributed by atoms with Gasteiger partial charge in [0.2, 0.25) is 5.95 Å². The van der Waals surface area contributed by atoms with Gasteiger partial charge in [-0.3, -0.25) is 0 Å². The van der Waals surface area contributed by atoms with Gasteiger partial charge in [0.15, 0.2) is 0 Å². The zero-order valence-corrected chi connectivity index (χ0v) is 27.7. The second kappa shape index (κ2) is 12.5. The van der Waals surface area contributed by atoms with Gasteiger partial charge in [0.1, 0.15) is 22.6 Å². The lowest BCUT2D eigenvalue weighted by atomic mass is 10.1. The Morgan fingerprint density at radius 1 is 0.909 bits per heavy atom. The Morgan fingerprint density at radius 3 is 2.14 bits per heavy atom. The molecule has 1 saturated heterocycles. The number of aromatic nitrogens is 3. The van der Waals surface area contributed by atoms with Gasteiger partial charge in [-0.05, 0) is 93.4 Å². The maximum Gasteiger partial charge on any atom is 0.427 e. The van der Waals surface area contributed by atoms with Crippen LogP contribution in [-0.4, -0.2) is 74.1 Å². The maximum atomic E-state index is 13.1. The van der Waals surface area contributed by atoms with E-state index in [0.717, 1.165) is 27.8 Å². The highest BCUT2D eigenvalue weighted by Gasteiger charge is 2.35. The summed E-state index contributed by atoms with van der Waals surface area (Å²) in [4.78, 5) is 55.5. The van der Waals surface area contributed by atoms with Crippen LogP contribution in [0.25, 0.3) is 20.7 Å². The van der Waals surface area contributed by atoms with Crippen molar-refractivity contribution in [3.8, 4) is 10.6 Å². The lowest BCUT2D eigenvalue weighted by Crippen LogP contribution is -2.47. The Hall–Kier alpha value is -4.00. The quantitative estimate of drug-likeness (QED) is 0.295. The summed E-state index contributed by atoms with van der Waals surface area (Å²) in [5, 5.41) is 4.41. The number of fused-ring (bicyclic) bond motifs is 1. The first-order valence-electron chi connectivity index (χ1n) is 14.6. The standard InChI is InChI=1S/C31H42N6O6S/c1-29(2,3)41-26(38)36-16-10-11-19(18-36)34-24-20-17-23(44-22(20)13-15-32-24)21-12-14-33-25(35-21)37(27(39)42-30(4,5)6)28(40)43-31(7,8)9/h12-15,17,19H,10-11,16,18H2,1-9H3,(H,32,34)/t19-/m1/s1. The highest BCUT2D eigenvalue weighted by atomic mass is 32.1. The van der Waals surface area contributed by atoms with Gasteiger partial charge in [0.05, 0.1) is 10.6 Å². The number of hydrogen-bond acceptors (Lipinski definition) is 11. The summed E-state index contributed by atoms with van der Waals surface area (Å²) in [5.41, 5.74) is -1.78. The third-order valence-electron chi connectivity index (χ3n) is 6.11. The molecule has 1 aliphatic rings. The molecule has 4 heterocycles. The molecule has 0 spiro atoms. The fraction of sp³-hybridized carbons (Fsp3) is 0.548. The van der Waals surface area contributed by atoms with Gasteiger partial charge < -0.3 is 24.4 Å². The minimum absolute atomic E-state index is 0.000382. The number of carbonyl (C=O) groups excluding carboxylic acids is 3. The number of rotatable bonds is 4. The minimum atomic E-state index is -0.941. The van der Waals surface area contributed by atoms with Gasteiger partial charge in [0.25, 0.3) is 0 Å². The lowest BCUT2D eigenvalue weighted by molar-refractivity contribution is 0.0205. The fourth-order valence-corrected chi connectivity index (χ4v) is 5.46. The van der Waals surface area contributed by atoms with Crippen LogP contribution in [0, 0.1) is 0 Å². The molecule has 1 atom stereocenters. The van der Waals surface area contributed by atoms with Crippen molar-refractivity contribution in [2.24, 2.45) is 0 Å². The number of thiophene rings is 1. The summed E-state index contributed by atoms with van der Waals surface area (Å²) in [5.74, 6) is 0.531. The van der Waals surface area contributed by atoms with E-state index in [1.54, 1.807) is 58.7 Å². The van der Waals surface area contributed by atoms with Crippen molar-refractivity contribution in [1.82, 2.24) is 19.9 Å². The van der Waals surface area contributed by atoms with Gasteiger partial charge in [-0.2, -0.15) is 0 Å². The molecule has 0 aliphatic carbocycles. The number of amides is 3. The summed E-state index contributed by atoms with van der Waals surface area (Å²) in [6.07, 6.45) is 2.74. The molecule has 1 fully saturated rings. The van der Waals surface area contributed by atoms with E-state index < -0.39 is 29.0 Å². The number of imide groups is 1. The number of hydrogen-bond donors (Lipinski definition) is 1. The molecule has 1 aliphatic heterocycles. The Kier molecular flexibility index (Phi) is 9.38. The van der Waals surface area contributed by atoms with Crippen LogP contribution in [0.4, 0.5) is 26.1 Å². The molecule has 44 heavy (non-hydrogen) atoms. The predicted molar refractivity (Wildman–Crippen MR) is 170 cm³/mol. The molecule has 0 unspecified atom stereocenters. The number of nitrogens with one attached hydrogen (secondary N) is 1. The highest BCUT2D eigenvalue weighted by Crippen LogP contribution is 2.36. The summed E-state index contributed by atoms with van der Waals surface area (Å²) in [7, 11) is 0. The zero-order valence-electron chi connectivity index (χ0n) is 26.9. The number of anilines is 2. The molecule has 3 aromatic heterocycles. The second-order valence-electron chi connectivity index (χ2n) is 13.6. The van der Waals surface area contributed by atoms with Crippen molar-refractivity contribution < 1.29 is 28.6 Å². The summed E-state index contributed by atoms with van der Waals surface area (Å²) in [6, 6.07) is 5.58. The molecule has 13 heteroatoms. The summed E-state index contributed by atoms with van der Waals surface area (Å²) >= 11 is 1.49. The van der Waals surface area contributed by atoms with E-state index in [4.69, 9.17) is 14.2 Å². The molecule has 238 valence electrons. The fourth-order valence-electron chi connectivity index (χ4n) is 4.43. The van der Waals surface area contributed by atoms with Crippen LogP contribution in [0.3, 0.4) is 0 Å². The predicted octanol–water partition coefficient (Wildman–Crippen LogP) is 7.24. The molecule has 3 amide bonds. The average Bonchev–Trinajstić information content (AvgIpc) is 3.32. The highest BCUT2D eigenvalue weighted by molar-refractivity contribution is 7.22. The molecule has 0 bridgehead atoms. The molecule has 1 N–H and O–H groups in total. The van der Waals surface area contributed by atoms with Gasteiger partial charge in [-0.1, -0.05) is 0 Å². The smallest absolute Gasteiger partial charge is 0.427 e. The third-order valence-corrected chi connectivity index (χ3v) is 7.23. The van der Waals surface area contributed by atoms with Crippen LogP contribution in [0.2, 0.25) is 0 Å². The first-order valence-corrected chi connectivity index (χ1v) is 15.4. The minimum Gasteiger partial charge on any atom is -0.444 e. The zero-order chi connectivity index (χ0) is 32.4. The van der Waals surface area contributed by atoms with Crippen molar-refractivity contribution in [1.29, 1.82) is 0 Å². The topological polar surface area (TPSA) is 136 Å². The Labute approximate surface area is 262 Å². The van der Waals surface area contributed by atoms with Crippen LogP contribution in [0.15, 0.2) is 30.6 Å². The van der Waals surface area contributed by atoms with Crippen LogP contribution in [0.1, 0.15) is 75.2 Å². The number of ether oxygens (including phenoxy) is 3. The third kappa shape index (κ3) is 8.77. The van der Waals surface area contributed by atoms with E-state index in [-0.39, 0.29) is 18.1 Å². The molecular weight excluding hydrogens is 584 g/mol. The Morgan fingerprint density at radius 2 is 1.52 bits per heavy atom. The van der Waals surface area contributed by atoms with Gasteiger partial charge >= 0.3 is 18.3 Å². The molecule has 0 saturated carbocycles. The van der Waals surface area contributed by atoms with Gasteiger partial charge in [-0.25, -0.2) is 29.3 Å². The van der Waals surface area contributed by atoms with Crippen molar-refractivity contribution in [2.45, 2.75) is 98.0 Å². The number of likely N-dealkylation sites (tertiary alicyclic amines) is 1. The van der Waals surface area contributed by atoms with Crippen molar-refractivity contribution in [3.05, 3.63) is 30.6 Å². The van der Waals surface area contributed by atoms with Crippen molar-refractivity contribution in [3.63, 3.8) is 0 Å². The molecule has 0 aromatic carbocycles. The van der Waals surface area contributed by atoms with Crippen LogP contribution >= 0.6 is 11.3 Å². The Bertz CT molecular complexity index is 1490. The van der Waals surface area contributed by atoms with E-state index in [1.807, 2.05) is 32.9 Å². The Balaban J connectivity index is 1.60. The van der Waals surface area contributed by atoms with E-state index in [9.17, 15) is 14.4 Å². The maximum absolute atomic E-state index is 13.1. The molecule has 3 aromatic rings.